The number of hydrogen-bond donors (Lipinski definition) is 1. The zero-order chi connectivity index (χ0) is 16.8. The fourth-order valence-corrected chi connectivity index (χ4v) is 4.09. The number of benzene rings is 1. The first-order valence-electron chi connectivity index (χ1n) is 7.92. The summed E-state index contributed by atoms with van der Waals surface area (Å²) in [5, 5.41) is 3.50. The van der Waals surface area contributed by atoms with Crippen molar-refractivity contribution in [3.05, 3.63) is 29.6 Å². The van der Waals surface area contributed by atoms with Crippen molar-refractivity contribution >= 4 is 0 Å². The highest BCUT2D eigenvalue weighted by molar-refractivity contribution is 5.36. The van der Waals surface area contributed by atoms with Crippen LogP contribution >= 0.6 is 0 Å². The van der Waals surface area contributed by atoms with Crippen LogP contribution in [0.1, 0.15) is 38.8 Å². The van der Waals surface area contributed by atoms with Gasteiger partial charge in [-0.2, -0.15) is 8.78 Å². The van der Waals surface area contributed by atoms with Crippen molar-refractivity contribution in [1.82, 2.24) is 5.32 Å². The summed E-state index contributed by atoms with van der Waals surface area (Å²) in [5.74, 6) is -0.270. The molecule has 0 bridgehead atoms. The third-order valence-electron chi connectivity index (χ3n) is 5.19. The van der Waals surface area contributed by atoms with Gasteiger partial charge in [0.2, 0.25) is 0 Å². The van der Waals surface area contributed by atoms with Crippen LogP contribution in [0.3, 0.4) is 0 Å². The average molecular weight is 329 g/mol. The molecule has 1 heterocycles. The zero-order valence-electron chi connectivity index (χ0n) is 13.5. The molecule has 3 rings (SSSR count). The van der Waals surface area contributed by atoms with Gasteiger partial charge in [-0.3, -0.25) is 0 Å². The molecule has 0 radical (unpaired) electrons. The molecule has 0 spiro atoms. The molecule has 1 aliphatic heterocycles. The molecule has 23 heavy (non-hydrogen) atoms. The van der Waals surface area contributed by atoms with Crippen LogP contribution in [-0.4, -0.2) is 25.4 Å². The van der Waals surface area contributed by atoms with Crippen LogP contribution in [0, 0.1) is 17.2 Å². The van der Waals surface area contributed by atoms with Gasteiger partial charge in [0.1, 0.15) is 11.6 Å². The van der Waals surface area contributed by atoms with E-state index in [1.807, 2.05) is 6.92 Å². The molecule has 128 valence electrons. The van der Waals surface area contributed by atoms with Crippen molar-refractivity contribution in [2.75, 3.05) is 6.61 Å². The molecule has 0 unspecified atom stereocenters. The van der Waals surface area contributed by atoms with E-state index in [9.17, 15) is 13.2 Å². The molecule has 3 nitrogen and oxygen atoms in total. The molecule has 1 aliphatic carbocycles. The number of ether oxygens (including phenoxy) is 2. The molecule has 2 fully saturated rings. The van der Waals surface area contributed by atoms with Crippen molar-refractivity contribution in [3.63, 3.8) is 0 Å². The lowest BCUT2D eigenvalue weighted by Gasteiger charge is -2.55. The minimum atomic E-state index is -2.98. The molecule has 1 aromatic rings. The Kier molecular flexibility index (Phi) is 4.31. The smallest absolute Gasteiger partial charge is 0.387 e. The molecule has 4 atom stereocenters. The average Bonchev–Trinajstić information content (AvgIpc) is 2.91. The second-order valence-electron chi connectivity index (χ2n) is 6.99. The van der Waals surface area contributed by atoms with Crippen molar-refractivity contribution in [1.29, 1.82) is 0 Å². The second-order valence-corrected chi connectivity index (χ2v) is 6.99. The monoisotopic (exact) mass is 329 g/mol. The van der Waals surface area contributed by atoms with E-state index in [1.165, 1.54) is 12.1 Å². The van der Waals surface area contributed by atoms with Gasteiger partial charge >= 0.3 is 6.61 Å². The number of fused-ring (bicyclic) bond motifs is 1. The van der Waals surface area contributed by atoms with Crippen molar-refractivity contribution in [3.8, 4) is 5.75 Å². The molecular weight excluding hydrogens is 307 g/mol. The van der Waals surface area contributed by atoms with E-state index >= 15 is 0 Å². The quantitative estimate of drug-likeness (QED) is 0.889. The number of halogens is 3. The lowest BCUT2D eigenvalue weighted by molar-refractivity contribution is -0.115. The summed E-state index contributed by atoms with van der Waals surface area (Å²) in [4.78, 5) is 0. The van der Waals surface area contributed by atoms with Gasteiger partial charge < -0.3 is 14.8 Å². The predicted molar refractivity (Wildman–Crippen MR) is 80.0 cm³/mol. The topological polar surface area (TPSA) is 30.5 Å². The van der Waals surface area contributed by atoms with Crippen LogP contribution in [0.4, 0.5) is 13.2 Å². The summed E-state index contributed by atoms with van der Waals surface area (Å²) in [6, 6.07) is 3.77. The Balaban J connectivity index is 1.77. The molecule has 1 saturated heterocycles. The lowest BCUT2D eigenvalue weighted by atomic mass is 9.57. The summed E-state index contributed by atoms with van der Waals surface area (Å²) in [7, 11) is 0. The maximum Gasteiger partial charge on any atom is 0.387 e. The fraction of sp³-hybridized carbons (Fsp3) is 0.647. The summed E-state index contributed by atoms with van der Waals surface area (Å²) in [6.45, 7) is 3.96. The molecule has 1 aromatic carbocycles. The Morgan fingerprint density at radius 3 is 2.78 bits per heavy atom. The van der Waals surface area contributed by atoms with E-state index in [4.69, 9.17) is 4.74 Å². The third kappa shape index (κ3) is 2.94. The van der Waals surface area contributed by atoms with E-state index in [0.717, 1.165) is 19.1 Å². The summed E-state index contributed by atoms with van der Waals surface area (Å²) < 4.78 is 48.7. The molecule has 0 aromatic heterocycles. The van der Waals surface area contributed by atoms with E-state index in [2.05, 4.69) is 23.9 Å². The highest BCUT2D eigenvalue weighted by Crippen LogP contribution is 2.52. The first kappa shape index (κ1) is 16.6. The summed E-state index contributed by atoms with van der Waals surface area (Å²) in [5.41, 5.74) is 0.518. The SMILES string of the molecule is C[C@H](N[C@@H]1[C@H]2CCO[C@H]2C1(C)C)c1ccc(F)cc1OC(F)F. The Bertz CT molecular complexity index is 579. The molecular formula is C17H22F3NO2. The molecule has 1 N–H and O–H groups in total. The highest BCUT2D eigenvalue weighted by atomic mass is 19.3. The number of hydrogen-bond acceptors (Lipinski definition) is 3. The van der Waals surface area contributed by atoms with Crippen LogP contribution in [-0.2, 0) is 4.74 Å². The van der Waals surface area contributed by atoms with Crippen molar-refractivity contribution in [2.24, 2.45) is 11.3 Å². The molecule has 0 amide bonds. The first-order valence-corrected chi connectivity index (χ1v) is 7.92. The minimum absolute atomic E-state index is 0.0147. The van der Waals surface area contributed by atoms with Crippen LogP contribution in [0.5, 0.6) is 5.75 Å². The van der Waals surface area contributed by atoms with Crippen LogP contribution < -0.4 is 10.1 Å². The van der Waals surface area contributed by atoms with Crippen LogP contribution in [0.25, 0.3) is 0 Å². The minimum Gasteiger partial charge on any atom is -0.434 e. The predicted octanol–water partition coefficient (Wildman–Crippen LogP) is 3.89. The Labute approximate surface area is 134 Å². The van der Waals surface area contributed by atoms with Gasteiger partial charge in [-0.05, 0) is 19.4 Å². The Morgan fingerprint density at radius 1 is 1.35 bits per heavy atom. The van der Waals surface area contributed by atoms with Crippen molar-refractivity contribution in [2.45, 2.75) is 52.0 Å². The summed E-state index contributed by atoms with van der Waals surface area (Å²) >= 11 is 0. The van der Waals surface area contributed by atoms with Gasteiger partial charge in [0.25, 0.3) is 0 Å². The van der Waals surface area contributed by atoms with Crippen LogP contribution in [0.15, 0.2) is 18.2 Å². The molecule has 1 saturated carbocycles. The lowest BCUT2D eigenvalue weighted by Crippen LogP contribution is -2.66. The third-order valence-corrected chi connectivity index (χ3v) is 5.19. The number of rotatable bonds is 5. The first-order chi connectivity index (χ1) is 10.8. The second kappa shape index (κ2) is 5.98. The highest BCUT2D eigenvalue weighted by Gasteiger charge is 2.59. The van der Waals surface area contributed by atoms with Gasteiger partial charge in [-0.1, -0.05) is 19.9 Å². The number of nitrogens with one attached hydrogen (secondary N) is 1. The zero-order valence-corrected chi connectivity index (χ0v) is 13.5. The summed E-state index contributed by atoms with van der Waals surface area (Å²) in [6.07, 6.45) is 1.25. The Hall–Kier alpha value is -1.27. The van der Waals surface area contributed by atoms with Gasteiger partial charge in [0, 0.05) is 41.7 Å². The Morgan fingerprint density at radius 2 is 2.09 bits per heavy atom. The van der Waals surface area contributed by atoms with E-state index in [-0.39, 0.29) is 29.4 Å². The van der Waals surface area contributed by atoms with Gasteiger partial charge in [0.05, 0.1) is 6.10 Å². The largest absolute Gasteiger partial charge is 0.434 e. The maximum atomic E-state index is 13.3. The van der Waals surface area contributed by atoms with Gasteiger partial charge in [-0.25, -0.2) is 4.39 Å². The van der Waals surface area contributed by atoms with Crippen molar-refractivity contribution < 1.29 is 22.6 Å². The normalized spacial score (nSPS) is 30.0. The van der Waals surface area contributed by atoms with Gasteiger partial charge in [-0.15, -0.1) is 0 Å². The van der Waals surface area contributed by atoms with E-state index in [0.29, 0.717) is 11.5 Å². The number of alkyl halides is 2. The van der Waals surface area contributed by atoms with Gasteiger partial charge in [0.15, 0.2) is 0 Å². The van der Waals surface area contributed by atoms with E-state index in [1.54, 1.807) is 0 Å². The maximum absolute atomic E-state index is 13.3. The standard InChI is InChI=1S/C17H22F3NO2/c1-9(11-5-4-10(18)8-13(11)23-16(19)20)21-14-12-6-7-22-15(12)17(14,2)3/h4-5,8-9,12,14-16,21H,6-7H2,1-3H3/t9-,12+,14+,15+/m0/s1. The van der Waals surface area contributed by atoms with E-state index < -0.39 is 12.4 Å². The fourth-order valence-electron chi connectivity index (χ4n) is 4.09. The van der Waals surface area contributed by atoms with Crippen LogP contribution in [0.2, 0.25) is 0 Å². The molecule has 6 heteroatoms. The molecule has 2 aliphatic rings.